The van der Waals surface area contributed by atoms with Crippen molar-refractivity contribution in [2.45, 2.75) is 43.8 Å². The number of fused-ring (bicyclic) bond motifs is 3. The summed E-state index contributed by atoms with van der Waals surface area (Å²) in [6.07, 6.45) is 6.21. The maximum atomic E-state index is 13.1. The number of aromatic nitrogens is 2. The van der Waals surface area contributed by atoms with E-state index in [1.54, 1.807) is 33.7 Å². The summed E-state index contributed by atoms with van der Waals surface area (Å²) >= 11 is 4.71. The minimum absolute atomic E-state index is 0.0523. The Labute approximate surface area is 170 Å². The maximum absolute atomic E-state index is 13.1. The van der Waals surface area contributed by atoms with E-state index in [4.69, 9.17) is 4.98 Å². The summed E-state index contributed by atoms with van der Waals surface area (Å²) in [5.74, 6) is 0.948. The minimum Gasteiger partial charge on any atom is -0.293 e. The van der Waals surface area contributed by atoms with Crippen molar-refractivity contribution in [3.05, 3.63) is 55.8 Å². The van der Waals surface area contributed by atoms with Crippen molar-refractivity contribution in [1.29, 1.82) is 0 Å². The highest BCUT2D eigenvalue weighted by Gasteiger charge is 2.23. The summed E-state index contributed by atoms with van der Waals surface area (Å²) in [6, 6.07) is 3.77. The number of carbonyl (C=O) groups is 1. The first kappa shape index (κ1) is 18.7. The van der Waals surface area contributed by atoms with Crippen molar-refractivity contribution in [2.24, 2.45) is 0 Å². The predicted octanol–water partition coefficient (Wildman–Crippen LogP) is 4.95. The molecule has 27 heavy (non-hydrogen) atoms. The molecule has 0 bridgehead atoms. The molecule has 0 atom stereocenters. The van der Waals surface area contributed by atoms with E-state index >= 15 is 0 Å². The quantitative estimate of drug-likeness (QED) is 0.171. The van der Waals surface area contributed by atoms with Gasteiger partial charge in [0.2, 0.25) is 0 Å². The van der Waals surface area contributed by atoms with E-state index in [0.717, 1.165) is 51.7 Å². The van der Waals surface area contributed by atoms with E-state index in [-0.39, 0.29) is 11.3 Å². The van der Waals surface area contributed by atoms with E-state index in [2.05, 4.69) is 6.58 Å². The van der Waals surface area contributed by atoms with Gasteiger partial charge in [0.1, 0.15) is 4.83 Å². The van der Waals surface area contributed by atoms with Gasteiger partial charge in [-0.1, -0.05) is 23.9 Å². The van der Waals surface area contributed by atoms with Gasteiger partial charge in [-0.25, -0.2) is 4.98 Å². The highest BCUT2D eigenvalue weighted by molar-refractivity contribution is 7.99. The molecule has 0 unspecified atom stereocenters. The van der Waals surface area contributed by atoms with Crippen LogP contribution in [-0.4, -0.2) is 21.1 Å². The first-order chi connectivity index (χ1) is 13.2. The van der Waals surface area contributed by atoms with Crippen molar-refractivity contribution >= 4 is 50.4 Å². The number of thioether (sulfide) groups is 1. The van der Waals surface area contributed by atoms with Gasteiger partial charge in [-0.15, -0.1) is 29.3 Å². The molecule has 3 aromatic rings. The van der Waals surface area contributed by atoms with Gasteiger partial charge in [-0.05, 0) is 42.7 Å². The van der Waals surface area contributed by atoms with Crippen LogP contribution in [0.25, 0.3) is 10.2 Å². The van der Waals surface area contributed by atoms with Gasteiger partial charge >= 0.3 is 0 Å². The average Bonchev–Trinajstić information content (AvgIpc) is 3.38. The molecule has 0 N–H and O–H groups in total. The largest absolute Gasteiger partial charge is 0.293 e. The lowest BCUT2D eigenvalue weighted by Gasteiger charge is -2.10. The summed E-state index contributed by atoms with van der Waals surface area (Å²) in [5, 5.41) is 3.47. The topological polar surface area (TPSA) is 52.0 Å². The van der Waals surface area contributed by atoms with Gasteiger partial charge in [-0.2, -0.15) is 0 Å². The highest BCUT2D eigenvalue weighted by Crippen LogP contribution is 2.35. The highest BCUT2D eigenvalue weighted by atomic mass is 32.2. The second kappa shape index (κ2) is 8.12. The monoisotopic (exact) mass is 416 g/mol. The number of Topliss-reactive ketones (excluding diaryl/α,β-unsaturated/α-hetero) is 1. The van der Waals surface area contributed by atoms with Crippen LogP contribution in [0.15, 0.2) is 40.1 Å². The Bertz CT molecular complexity index is 1050. The smallest absolute Gasteiger partial charge is 0.263 e. The van der Waals surface area contributed by atoms with Gasteiger partial charge in [0.25, 0.3) is 5.56 Å². The lowest BCUT2D eigenvalue weighted by atomic mass is 10.2. The first-order valence-electron chi connectivity index (χ1n) is 9.04. The van der Waals surface area contributed by atoms with Crippen LogP contribution in [0, 0.1) is 0 Å². The molecule has 3 heterocycles. The predicted molar refractivity (Wildman–Crippen MR) is 115 cm³/mol. The van der Waals surface area contributed by atoms with Gasteiger partial charge in [0.15, 0.2) is 10.9 Å². The number of hydrogen-bond donors (Lipinski definition) is 0. The lowest BCUT2D eigenvalue weighted by molar-refractivity contribution is 0.0986. The van der Waals surface area contributed by atoms with Crippen molar-refractivity contribution in [1.82, 2.24) is 9.55 Å². The van der Waals surface area contributed by atoms with E-state index in [9.17, 15) is 9.59 Å². The van der Waals surface area contributed by atoms with Crippen molar-refractivity contribution in [3.8, 4) is 0 Å². The Morgan fingerprint density at radius 2 is 2.30 bits per heavy atom. The fourth-order valence-electron chi connectivity index (χ4n) is 3.42. The third-order valence-corrected chi connectivity index (χ3v) is 7.84. The first-order valence-corrected chi connectivity index (χ1v) is 11.7. The van der Waals surface area contributed by atoms with Crippen LogP contribution < -0.4 is 5.56 Å². The Kier molecular flexibility index (Phi) is 5.61. The minimum atomic E-state index is 0.0523. The molecule has 0 amide bonds. The van der Waals surface area contributed by atoms with Crippen LogP contribution in [0.1, 0.15) is 39.4 Å². The summed E-state index contributed by atoms with van der Waals surface area (Å²) in [5.41, 5.74) is 1.26. The Morgan fingerprint density at radius 3 is 3.07 bits per heavy atom. The lowest BCUT2D eigenvalue weighted by Crippen LogP contribution is -2.23. The number of hydrogen-bond acceptors (Lipinski definition) is 6. The van der Waals surface area contributed by atoms with Crippen LogP contribution >= 0.6 is 34.4 Å². The normalized spacial score (nSPS) is 13.2. The van der Waals surface area contributed by atoms with E-state index < -0.39 is 0 Å². The van der Waals surface area contributed by atoms with Crippen LogP contribution in [0.4, 0.5) is 0 Å². The summed E-state index contributed by atoms with van der Waals surface area (Å²) < 4.78 is 1.73. The zero-order chi connectivity index (χ0) is 18.8. The Morgan fingerprint density at radius 1 is 1.41 bits per heavy atom. The molecule has 3 aromatic heterocycles. The Balaban J connectivity index is 1.52. The van der Waals surface area contributed by atoms with Crippen LogP contribution in [0.5, 0.6) is 0 Å². The standard InChI is InChI=1S/C20H20N2O2S3/c1-2-10-22-19(24)17-13-6-3-8-15(13)27-18(17)21-20(22)26-12-4-7-14(23)16-9-5-11-25-16/h2,5,9,11H,1,3-4,6-8,10,12H2. The molecule has 1 aliphatic rings. The fourth-order valence-corrected chi connectivity index (χ4v) is 6.36. The number of allylic oxidation sites excluding steroid dienone is 1. The summed E-state index contributed by atoms with van der Waals surface area (Å²) in [4.78, 5) is 33.0. The van der Waals surface area contributed by atoms with Gasteiger partial charge < -0.3 is 0 Å². The van der Waals surface area contributed by atoms with E-state index in [1.807, 2.05) is 17.5 Å². The van der Waals surface area contributed by atoms with Crippen molar-refractivity contribution < 1.29 is 4.79 Å². The van der Waals surface area contributed by atoms with Crippen molar-refractivity contribution in [3.63, 3.8) is 0 Å². The molecule has 4 nitrogen and oxygen atoms in total. The molecule has 4 rings (SSSR count). The van der Waals surface area contributed by atoms with Crippen LogP contribution in [0.3, 0.4) is 0 Å². The fraction of sp³-hybridized carbons (Fsp3) is 0.350. The molecule has 0 saturated heterocycles. The molecule has 0 aromatic carbocycles. The molecule has 7 heteroatoms. The number of nitrogens with zero attached hydrogens (tertiary/aromatic N) is 2. The van der Waals surface area contributed by atoms with Crippen molar-refractivity contribution in [2.75, 3.05) is 5.75 Å². The number of ketones is 1. The average molecular weight is 417 g/mol. The van der Waals surface area contributed by atoms with Gasteiger partial charge in [-0.3, -0.25) is 14.2 Å². The van der Waals surface area contributed by atoms with Crippen LogP contribution in [-0.2, 0) is 19.4 Å². The Hall–Kier alpha value is -1.70. The van der Waals surface area contributed by atoms with E-state index in [0.29, 0.717) is 13.0 Å². The molecular formula is C20H20N2O2S3. The molecule has 0 fully saturated rings. The molecule has 0 radical (unpaired) electrons. The van der Waals surface area contributed by atoms with Gasteiger partial charge in [0.05, 0.1) is 10.3 Å². The van der Waals surface area contributed by atoms with E-state index in [1.165, 1.54) is 21.8 Å². The third kappa shape index (κ3) is 3.68. The second-order valence-corrected chi connectivity index (χ2v) is 9.58. The van der Waals surface area contributed by atoms with Gasteiger partial charge in [0, 0.05) is 23.6 Å². The number of aryl methyl sites for hydroxylation is 2. The number of rotatable bonds is 8. The SMILES string of the molecule is C=CCn1c(SCCCC(=O)c2cccs2)nc2sc3c(c2c1=O)CCC3. The molecule has 0 aliphatic heterocycles. The zero-order valence-corrected chi connectivity index (χ0v) is 17.4. The molecule has 0 saturated carbocycles. The number of carbonyl (C=O) groups excluding carboxylic acids is 1. The molecular weight excluding hydrogens is 396 g/mol. The number of thiophene rings is 2. The van der Waals surface area contributed by atoms with Crippen LogP contribution in [0.2, 0.25) is 0 Å². The third-order valence-electron chi connectivity index (χ3n) is 4.68. The zero-order valence-electron chi connectivity index (χ0n) is 14.9. The maximum Gasteiger partial charge on any atom is 0.263 e. The molecule has 0 spiro atoms. The molecule has 1 aliphatic carbocycles. The molecule has 140 valence electrons. The summed E-state index contributed by atoms with van der Waals surface area (Å²) in [7, 11) is 0. The second-order valence-electron chi connectivity index (χ2n) is 6.49. The summed E-state index contributed by atoms with van der Waals surface area (Å²) in [6.45, 7) is 4.25.